The highest BCUT2D eigenvalue weighted by molar-refractivity contribution is 7.92. The lowest BCUT2D eigenvalue weighted by atomic mass is 10.1. The zero-order chi connectivity index (χ0) is 25.7. The Morgan fingerprint density at radius 1 is 1.11 bits per heavy atom. The van der Waals surface area contributed by atoms with Crippen molar-refractivity contribution in [2.24, 2.45) is 0 Å². The molecule has 2 heterocycles. The predicted octanol–water partition coefficient (Wildman–Crippen LogP) is 3.89. The van der Waals surface area contributed by atoms with Crippen molar-refractivity contribution in [3.8, 4) is 0 Å². The molecule has 3 aromatic rings. The van der Waals surface area contributed by atoms with Crippen LogP contribution in [0.4, 0.5) is 34.5 Å². The summed E-state index contributed by atoms with van der Waals surface area (Å²) < 4.78 is 31.2. The highest BCUT2D eigenvalue weighted by Crippen LogP contribution is 2.31. The number of sulfonamides is 1. The molecule has 0 fully saturated rings. The Kier molecular flexibility index (Phi) is 8.14. The summed E-state index contributed by atoms with van der Waals surface area (Å²) in [7, 11) is 0.362. The lowest BCUT2D eigenvalue weighted by Gasteiger charge is -2.20. The van der Waals surface area contributed by atoms with Gasteiger partial charge in [0.1, 0.15) is 5.02 Å². The van der Waals surface area contributed by atoms with Gasteiger partial charge in [0.2, 0.25) is 16.0 Å². The third-order valence-corrected chi connectivity index (χ3v) is 6.59. The molecule has 0 radical (unpaired) electrons. The van der Waals surface area contributed by atoms with Gasteiger partial charge in [0, 0.05) is 51.7 Å². The molecule has 0 bridgehead atoms. The van der Waals surface area contributed by atoms with Gasteiger partial charge in [-0.2, -0.15) is 4.98 Å². The number of anilines is 6. The number of rotatable bonds is 9. The number of benzene rings is 2. The van der Waals surface area contributed by atoms with Crippen LogP contribution in [0.15, 0.2) is 48.7 Å². The molecule has 0 aliphatic carbocycles. The number of halogens is 1. The quantitative estimate of drug-likeness (QED) is 0.378. The van der Waals surface area contributed by atoms with Crippen LogP contribution in [-0.2, 0) is 21.3 Å². The number of likely N-dealkylation sites (N-methyl/N-ethyl adjacent to an activating group) is 1. The van der Waals surface area contributed by atoms with E-state index in [9.17, 15) is 8.42 Å². The van der Waals surface area contributed by atoms with E-state index in [4.69, 9.17) is 16.3 Å². The summed E-state index contributed by atoms with van der Waals surface area (Å²) >= 11 is 6.35. The van der Waals surface area contributed by atoms with E-state index in [1.54, 1.807) is 31.4 Å². The van der Waals surface area contributed by atoms with Crippen LogP contribution in [0.25, 0.3) is 0 Å². The van der Waals surface area contributed by atoms with Gasteiger partial charge in [-0.15, -0.1) is 0 Å². The number of para-hydroxylation sites is 2. The van der Waals surface area contributed by atoms with Crippen molar-refractivity contribution in [2.75, 3.05) is 66.9 Å². The van der Waals surface area contributed by atoms with Crippen LogP contribution in [0.3, 0.4) is 0 Å². The fourth-order valence-corrected chi connectivity index (χ4v) is 4.67. The molecule has 0 saturated heterocycles. The molecule has 0 amide bonds. The molecule has 2 aromatic carbocycles. The van der Waals surface area contributed by atoms with Gasteiger partial charge in [0.05, 0.1) is 30.4 Å². The minimum absolute atomic E-state index is 0.298. The average Bonchev–Trinajstić information content (AvgIpc) is 2.98. The van der Waals surface area contributed by atoms with Crippen LogP contribution in [0.2, 0.25) is 5.02 Å². The Morgan fingerprint density at radius 3 is 2.64 bits per heavy atom. The summed E-state index contributed by atoms with van der Waals surface area (Å²) in [6.45, 7) is 4.27. The molecular formula is C24H30ClN7O3S. The Labute approximate surface area is 216 Å². The second kappa shape index (κ2) is 11.3. The molecule has 192 valence electrons. The van der Waals surface area contributed by atoms with Crippen molar-refractivity contribution in [3.05, 3.63) is 59.2 Å². The minimum Gasteiger partial charge on any atom is -0.383 e. The first-order valence-electron chi connectivity index (χ1n) is 11.4. The number of hydrogen-bond donors (Lipinski definition) is 3. The maximum absolute atomic E-state index is 11.7. The number of ether oxygens (including phenoxy) is 1. The number of methoxy groups -OCH3 is 1. The Balaban J connectivity index is 1.55. The maximum atomic E-state index is 11.7. The third-order valence-electron chi connectivity index (χ3n) is 5.72. The number of hydrogen-bond acceptors (Lipinski definition) is 9. The molecule has 1 aliphatic rings. The van der Waals surface area contributed by atoms with Gasteiger partial charge in [0.25, 0.3) is 0 Å². The van der Waals surface area contributed by atoms with Gasteiger partial charge >= 0.3 is 0 Å². The summed E-state index contributed by atoms with van der Waals surface area (Å²) in [5.41, 5.74) is 4.14. The normalized spacial score (nSPS) is 14.2. The second-order valence-electron chi connectivity index (χ2n) is 8.59. The number of nitrogens with one attached hydrogen (secondary N) is 3. The van der Waals surface area contributed by atoms with E-state index in [1.165, 1.54) is 17.4 Å². The van der Waals surface area contributed by atoms with Crippen molar-refractivity contribution in [2.45, 2.75) is 6.54 Å². The first-order valence-corrected chi connectivity index (χ1v) is 13.7. The van der Waals surface area contributed by atoms with E-state index in [1.807, 2.05) is 6.07 Å². The Hall–Kier alpha value is -3.12. The lowest BCUT2D eigenvalue weighted by Crippen LogP contribution is -2.31. The molecule has 0 atom stereocenters. The summed E-state index contributed by atoms with van der Waals surface area (Å²) in [6, 6.07) is 13.1. The molecule has 0 saturated carbocycles. The molecular weight excluding hydrogens is 502 g/mol. The van der Waals surface area contributed by atoms with Crippen molar-refractivity contribution in [1.29, 1.82) is 0 Å². The number of fused-ring (bicyclic) bond motifs is 1. The minimum atomic E-state index is -3.46. The van der Waals surface area contributed by atoms with Crippen molar-refractivity contribution in [1.82, 2.24) is 14.9 Å². The van der Waals surface area contributed by atoms with Crippen LogP contribution < -0.4 is 20.3 Å². The summed E-state index contributed by atoms with van der Waals surface area (Å²) in [4.78, 5) is 13.5. The van der Waals surface area contributed by atoms with Gasteiger partial charge in [-0.25, -0.2) is 13.4 Å². The third kappa shape index (κ3) is 6.76. The highest BCUT2D eigenvalue weighted by Gasteiger charge is 2.18. The van der Waals surface area contributed by atoms with Crippen molar-refractivity contribution in [3.63, 3.8) is 0 Å². The van der Waals surface area contributed by atoms with Gasteiger partial charge < -0.3 is 20.3 Å². The van der Waals surface area contributed by atoms with Gasteiger partial charge in [0.15, 0.2) is 5.82 Å². The number of aromatic nitrogens is 2. The first kappa shape index (κ1) is 26.0. The van der Waals surface area contributed by atoms with E-state index in [0.717, 1.165) is 38.1 Å². The van der Waals surface area contributed by atoms with Crippen LogP contribution in [0.5, 0.6) is 0 Å². The Bertz CT molecular complexity index is 1320. The molecule has 1 aromatic heterocycles. The fraction of sp³-hybridized carbons (Fsp3) is 0.333. The zero-order valence-corrected chi connectivity index (χ0v) is 22.0. The molecule has 36 heavy (non-hydrogen) atoms. The van der Waals surface area contributed by atoms with E-state index < -0.39 is 10.0 Å². The van der Waals surface area contributed by atoms with Crippen LogP contribution in [0, 0.1) is 0 Å². The van der Waals surface area contributed by atoms with E-state index >= 15 is 0 Å². The first-order chi connectivity index (χ1) is 17.2. The molecule has 1 aliphatic heterocycles. The van der Waals surface area contributed by atoms with E-state index in [2.05, 4.69) is 54.3 Å². The van der Waals surface area contributed by atoms with Crippen LogP contribution >= 0.6 is 11.6 Å². The molecule has 10 nitrogen and oxygen atoms in total. The van der Waals surface area contributed by atoms with E-state index in [0.29, 0.717) is 34.8 Å². The van der Waals surface area contributed by atoms with Gasteiger partial charge in [-0.05, 0) is 35.9 Å². The molecule has 0 unspecified atom stereocenters. The SMILES string of the molecule is COCCN1CCN(C)c2ccc(Nc3ncc(Cl)c(Nc4ccccc4NS(C)(=O)=O)n3)cc2C1. The standard InChI is InChI=1S/C24H30ClN7O3S/c1-31-10-11-32(12-13-35-2)16-17-14-18(8-9-22(17)31)27-24-26-15-19(25)23(29-24)28-20-6-4-5-7-21(20)30-36(3,33)34/h4-9,14-15,30H,10-13,16H2,1-3H3,(H2,26,27,28,29). The fourth-order valence-electron chi connectivity index (χ4n) is 3.96. The summed E-state index contributed by atoms with van der Waals surface area (Å²) in [5, 5.41) is 6.66. The van der Waals surface area contributed by atoms with Gasteiger partial charge in [-0.1, -0.05) is 23.7 Å². The zero-order valence-electron chi connectivity index (χ0n) is 20.5. The molecule has 12 heteroatoms. The Morgan fingerprint density at radius 2 is 1.89 bits per heavy atom. The summed E-state index contributed by atoms with van der Waals surface area (Å²) in [6.07, 6.45) is 2.59. The molecule has 3 N–H and O–H groups in total. The van der Waals surface area contributed by atoms with Crippen molar-refractivity contribution >= 4 is 56.1 Å². The lowest BCUT2D eigenvalue weighted by molar-refractivity contribution is 0.147. The van der Waals surface area contributed by atoms with Crippen LogP contribution in [-0.4, -0.2) is 69.9 Å². The predicted molar refractivity (Wildman–Crippen MR) is 145 cm³/mol. The highest BCUT2D eigenvalue weighted by atomic mass is 35.5. The molecule has 4 rings (SSSR count). The monoisotopic (exact) mass is 531 g/mol. The molecule has 0 spiro atoms. The largest absolute Gasteiger partial charge is 0.383 e. The van der Waals surface area contributed by atoms with Crippen molar-refractivity contribution < 1.29 is 13.2 Å². The second-order valence-corrected chi connectivity index (χ2v) is 10.7. The van der Waals surface area contributed by atoms with E-state index in [-0.39, 0.29) is 0 Å². The topological polar surface area (TPSA) is 112 Å². The maximum Gasteiger partial charge on any atom is 0.229 e. The van der Waals surface area contributed by atoms with Crippen LogP contribution in [0.1, 0.15) is 5.56 Å². The number of nitrogens with zero attached hydrogens (tertiary/aromatic N) is 4. The van der Waals surface area contributed by atoms with Gasteiger partial charge in [-0.3, -0.25) is 9.62 Å². The average molecular weight is 532 g/mol. The summed E-state index contributed by atoms with van der Waals surface area (Å²) in [5.74, 6) is 0.700. The smallest absolute Gasteiger partial charge is 0.229 e.